The first-order valence-electron chi connectivity index (χ1n) is 9.59. The number of carbonyl (C=O) groups excluding carboxylic acids is 1. The topological polar surface area (TPSA) is 50.1 Å². The molecule has 0 atom stereocenters. The Hall–Kier alpha value is -2.38. The van der Waals surface area contributed by atoms with Gasteiger partial charge >= 0.3 is 0 Å². The van der Waals surface area contributed by atoms with Crippen LogP contribution in [0.3, 0.4) is 0 Å². The monoisotopic (exact) mass is 398 g/mol. The number of carbonyl (C=O) groups is 1. The van der Waals surface area contributed by atoms with Crippen molar-refractivity contribution < 1.29 is 9.53 Å². The van der Waals surface area contributed by atoms with E-state index in [2.05, 4.69) is 11.9 Å². The Kier molecular flexibility index (Phi) is 5.37. The van der Waals surface area contributed by atoms with Crippen LogP contribution in [0, 0.1) is 0 Å². The van der Waals surface area contributed by atoms with Crippen LogP contribution in [-0.4, -0.2) is 65.4 Å². The Balaban J connectivity index is 1.51. The first-order chi connectivity index (χ1) is 13.5. The summed E-state index contributed by atoms with van der Waals surface area (Å²) in [4.78, 5) is 22.8. The Morgan fingerprint density at radius 3 is 2.89 bits per heavy atom. The number of hydrogen-bond acceptors (Lipinski definition) is 5. The van der Waals surface area contributed by atoms with E-state index >= 15 is 0 Å². The fraction of sp³-hybridized carbons (Fsp3) is 0.429. The molecule has 148 valence electrons. The van der Waals surface area contributed by atoms with E-state index < -0.39 is 0 Å². The van der Waals surface area contributed by atoms with Crippen molar-refractivity contribution in [2.45, 2.75) is 25.3 Å². The number of imidazole rings is 1. The highest BCUT2D eigenvalue weighted by Gasteiger charge is 2.24. The Bertz CT molecular complexity index is 972. The molecular formula is C21H26N4O2S. The molecule has 0 spiro atoms. The second-order valence-corrected chi connectivity index (χ2v) is 8.29. The van der Waals surface area contributed by atoms with Crippen LogP contribution < -0.4 is 4.74 Å². The molecule has 1 aliphatic rings. The third-order valence-corrected chi connectivity index (χ3v) is 6.50. The summed E-state index contributed by atoms with van der Waals surface area (Å²) < 4.78 is 7.36. The molecule has 1 saturated heterocycles. The zero-order valence-corrected chi connectivity index (χ0v) is 17.4. The van der Waals surface area contributed by atoms with E-state index in [4.69, 9.17) is 9.72 Å². The van der Waals surface area contributed by atoms with Crippen molar-refractivity contribution in [3.8, 4) is 17.0 Å². The van der Waals surface area contributed by atoms with Gasteiger partial charge in [0.25, 0.3) is 0 Å². The van der Waals surface area contributed by atoms with Gasteiger partial charge in [-0.25, -0.2) is 4.98 Å². The first-order valence-corrected chi connectivity index (χ1v) is 10.5. The van der Waals surface area contributed by atoms with Crippen molar-refractivity contribution in [2.24, 2.45) is 0 Å². The summed E-state index contributed by atoms with van der Waals surface area (Å²) in [7, 11) is 5.74. The van der Waals surface area contributed by atoms with Crippen LogP contribution in [-0.2, 0) is 11.2 Å². The van der Waals surface area contributed by atoms with Crippen molar-refractivity contribution in [1.29, 1.82) is 0 Å². The maximum Gasteiger partial charge on any atom is 0.228 e. The minimum Gasteiger partial charge on any atom is -0.497 e. The normalized spacial score (nSPS) is 15.8. The number of piperidine rings is 1. The summed E-state index contributed by atoms with van der Waals surface area (Å²) in [6.07, 6.45) is 4.50. The predicted octanol–water partition coefficient (Wildman–Crippen LogP) is 3.17. The molecule has 1 aromatic carbocycles. The van der Waals surface area contributed by atoms with Crippen LogP contribution in [0.1, 0.15) is 18.5 Å². The fourth-order valence-electron chi connectivity index (χ4n) is 3.74. The molecule has 0 saturated carbocycles. The molecular weight excluding hydrogens is 372 g/mol. The van der Waals surface area contributed by atoms with Gasteiger partial charge in [0.1, 0.15) is 5.75 Å². The van der Waals surface area contributed by atoms with E-state index in [1.54, 1.807) is 18.4 Å². The van der Waals surface area contributed by atoms with Gasteiger partial charge in [-0.15, -0.1) is 11.3 Å². The number of likely N-dealkylation sites (tertiary alicyclic amines) is 1. The Morgan fingerprint density at radius 1 is 1.36 bits per heavy atom. The van der Waals surface area contributed by atoms with Gasteiger partial charge in [-0.2, -0.15) is 0 Å². The number of aromatic nitrogens is 2. The van der Waals surface area contributed by atoms with E-state index in [0.717, 1.165) is 53.6 Å². The Morgan fingerprint density at radius 2 is 2.14 bits per heavy atom. The summed E-state index contributed by atoms with van der Waals surface area (Å²) in [6.45, 7) is 2.10. The number of thiazole rings is 1. The van der Waals surface area contributed by atoms with E-state index in [0.29, 0.717) is 12.5 Å². The lowest BCUT2D eigenvalue weighted by molar-refractivity contribution is -0.132. The Labute approximate surface area is 169 Å². The molecule has 3 heterocycles. The number of fused-ring (bicyclic) bond motifs is 1. The van der Waals surface area contributed by atoms with Gasteiger partial charge < -0.3 is 14.5 Å². The average Bonchev–Trinajstić information content (AvgIpc) is 3.30. The molecule has 0 aliphatic carbocycles. The molecule has 7 heteroatoms. The zero-order chi connectivity index (χ0) is 19.7. The number of benzene rings is 1. The largest absolute Gasteiger partial charge is 0.497 e. The molecule has 2 aromatic heterocycles. The lowest BCUT2D eigenvalue weighted by Gasteiger charge is -2.35. The van der Waals surface area contributed by atoms with Crippen molar-refractivity contribution in [3.05, 3.63) is 41.5 Å². The van der Waals surface area contributed by atoms with Gasteiger partial charge in [0.2, 0.25) is 5.91 Å². The molecule has 4 rings (SSSR count). The number of methoxy groups -OCH3 is 1. The van der Waals surface area contributed by atoms with Crippen LogP contribution in [0.25, 0.3) is 16.2 Å². The predicted molar refractivity (Wildman–Crippen MR) is 112 cm³/mol. The summed E-state index contributed by atoms with van der Waals surface area (Å²) in [5.74, 6) is 0.981. The van der Waals surface area contributed by atoms with Crippen LogP contribution in [0.5, 0.6) is 5.75 Å². The standard InChI is InChI=1S/C21H26N4O2S/c1-23-9-7-16(8-10-23)24(2)20(26)12-17-14-28-21-22-19(13-25(17)21)15-5-4-6-18(11-15)27-3/h4-6,11,13-14,16H,7-10,12H2,1-3H3. The highest BCUT2D eigenvalue weighted by molar-refractivity contribution is 7.15. The maximum absolute atomic E-state index is 12.9. The van der Waals surface area contributed by atoms with Crippen molar-refractivity contribution >= 4 is 22.2 Å². The second kappa shape index (κ2) is 7.93. The number of nitrogens with zero attached hydrogens (tertiary/aromatic N) is 4. The maximum atomic E-state index is 12.9. The first kappa shape index (κ1) is 19.0. The van der Waals surface area contributed by atoms with Gasteiger partial charge in [-0.1, -0.05) is 12.1 Å². The minimum atomic E-state index is 0.172. The van der Waals surface area contributed by atoms with Gasteiger partial charge in [0.15, 0.2) is 4.96 Å². The molecule has 1 fully saturated rings. The fourth-order valence-corrected chi connectivity index (χ4v) is 4.62. The van der Waals surface area contributed by atoms with Crippen LogP contribution in [0.2, 0.25) is 0 Å². The molecule has 1 aliphatic heterocycles. The lowest BCUT2D eigenvalue weighted by atomic mass is 10.0. The number of amides is 1. The van der Waals surface area contributed by atoms with E-state index in [1.165, 1.54) is 0 Å². The number of likely N-dealkylation sites (N-methyl/N-ethyl adjacent to an activating group) is 1. The van der Waals surface area contributed by atoms with Crippen molar-refractivity contribution in [2.75, 3.05) is 34.3 Å². The van der Waals surface area contributed by atoms with Crippen molar-refractivity contribution in [3.63, 3.8) is 0 Å². The molecule has 0 bridgehead atoms. The van der Waals surface area contributed by atoms with E-state index in [-0.39, 0.29) is 5.91 Å². The smallest absolute Gasteiger partial charge is 0.228 e. The number of rotatable bonds is 5. The molecule has 3 aromatic rings. The highest BCUT2D eigenvalue weighted by Crippen LogP contribution is 2.27. The summed E-state index contributed by atoms with van der Waals surface area (Å²) >= 11 is 1.57. The average molecular weight is 399 g/mol. The number of ether oxygens (including phenoxy) is 1. The van der Waals surface area contributed by atoms with Crippen molar-refractivity contribution in [1.82, 2.24) is 19.2 Å². The molecule has 0 radical (unpaired) electrons. The zero-order valence-electron chi connectivity index (χ0n) is 16.6. The van der Waals surface area contributed by atoms with Gasteiger partial charge in [0, 0.05) is 35.9 Å². The van der Waals surface area contributed by atoms with Crippen LogP contribution in [0.4, 0.5) is 0 Å². The quantitative estimate of drug-likeness (QED) is 0.662. The van der Waals surface area contributed by atoms with Gasteiger partial charge in [-0.05, 0) is 45.1 Å². The third kappa shape index (κ3) is 3.77. The third-order valence-electron chi connectivity index (χ3n) is 5.61. The second-order valence-electron chi connectivity index (χ2n) is 7.45. The molecule has 28 heavy (non-hydrogen) atoms. The van der Waals surface area contributed by atoms with Crippen LogP contribution in [0.15, 0.2) is 35.8 Å². The van der Waals surface area contributed by atoms with E-state index in [9.17, 15) is 4.79 Å². The molecule has 6 nitrogen and oxygen atoms in total. The highest BCUT2D eigenvalue weighted by atomic mass is 32.1. The summed E-state index contributed by atoms with van der Waals surface area (Å²) in [6, 6.07) is 8.22. The minimum absolute atomic E-state index is 0.172. The summed E-state index contributed by atoms with van der Waals surface area (Å²) in [5.41, 5.74) is 2.89. The lowest BCUT2D eigenvalue weighted by Crippen LogP contribution is -2.45. The molecule has 0 unspecified atom stereocenters. The summed E-state index contributed by atoms with van der Waals surface area (Å²) in [5, 5.41) is 2.04. The van der Waals surface area contributed by atoms with Gasteiger partial charge in [0.05, 0.1) is 19.2 Å². The number of hydrogen-bond donors (Lipinski definition) is 0. The van der Waals surface area contributed by atoms with Crippen LogP contribution >= 0.6 is 11.3 Å². The SMILES string of the molecule is COc1cccc(-c2cn3c(CC(=O)N(C)C4CCN(C)CC4)csc3n2)c1. The van der Waals surface area contributed by atoms with E-state index in [1.807, 2.05) is 52.2 Å². The molecule has 1 amide bonds. The van der Waals surface area contributed by atoms with Gasteiger partial charge in [-0.3, -0.25) is 9.20 Å². The molecule has 0 N–H and O–H groups in total.